The number of carbonyl (C=O) groups is 4. The van der Waals surface area contributed by atoms with Gasteiger partial charge in [-0.05, 0) is 64.5 Å². The van der Waals surface area contributed by atoms with Crippen LogP contribution in [0.1, 0.15) is 52.2 Å². The summed E-state index contributed by atoms with van der Waals surface area (Å²) in [4.78, 5) is 57.3. The topological polar surface area (TPSA) is 117 Å². The maximum absolute atomic E-state index is 14.2. The van der Waals surface area contributed by atoms with E-state index >= 15 is 0 Å². The second kappa shape index (κ2) is 13.4. The van der Waals surface area contributed by atoms with Crippen LogP contribution in [0.25, 0.3) is 0 Å². The molecule has 3 atom stereocenters. The molecule has 2 aromatic rings. The van der Waals surface area contributed by atoms with Crippen LogP contribution >= 0.6 is 0 Å². The first-order valence-electron chi connectivity index (χ1n) is 15.2. The van der Waals surface area contributed by atoms with Crippen molar-refractivity contribution >= 4 is 23.8 Å². The molecule has 2 heterocycles. The third kappa shape index (κ3) is 7.96. The summed E-state index contributed by atoms with van der Waals surface area (Å²) in [6, 6.07) is 18.4. The number of fused-ring (bicyclic) bond motifs is 1. The van der Waals surface area contributed by atoms with Crippen LogP contribution in [0, 0.1) is 11.3 Å². The largest absolute Gasteiger partial charge is 0.444 e. The molecule has 238 valence electrons. The Kier molecular flexibility index (Phi) is 10.0. The zero-order chi connectivity index (χ0) is 32.1. The summed E-state index contributed by atoms with van der Waals surface area (Å²) in [6.07, 6.45) is 0.459. The molecule has 4 amide bonds. The Bertz CT molecular complexity index is 1330. The summed E-state index contributed by atoms with van der Waals surface area (Å²) in [7, 11) is 1.82. The minimum absolute atomic E-state index is 0.0347. The summed E-state index contributed by atoms with van der Waals surface area (Å²) in [5, 5.41) is 5.43. The van der Waals surface area contributed by atoms with E-state index in [9.17, 15) is 19.2 Å². The third-order valence-corrected chi connectivity index (χ3v) is 8.32. The first kappa shape index (κ1) is 33.0. The standard InChI is InChI=1S/C34H46N4O6/c1-32(2,3)44-31(42)36-33(4,5)29(40)35-27(22-43-21-25-15-11-8-12-16-25)28(39)38-18-17-26-20-37(6)30(41)34(26,23-38)19-24-13-9-7-10-14-24/h7-16,26-27H,17-23H2,1-6H3,(H,35,40)(H,36,42)/t26-,27+,34+/m0/s1. The van der Waals surface area contributed by atoms with Crippen molar-refractivity contribution in [3.63, 3.8) is 0 Å². The number of piperidine rings is 1. The van der Waals surface area contributed by atoms with Crippen molar-refractivity contribution in [2.75, 3.05) is 33.3 Å². The van der Waals surface area contributed by atoms with Gasteiger partial charge in [0.2, 0.25) is 17.7 Å². The monoisotopic (exact) mass is 606 g/mol. The van der Waals surface area contributed by atoms with Gasteiger partial charge in [0, 0.05) is 26.7 Å². The lowest BCUT2D eigenvalue weighted by Gasteiger charge is -2.44. The van der Waals surface area contributed by atoms with Gasteiger partial charge in [-0.1, -0.05) is 60.7 Å². The number of benzene rings is 2. The van der Waals surface area contributed by atoms with Crippen LogP contribution < -0.4 is 10.6 Å². The average molecular weight is 607 g/mol. The highest BCUT2D eigenvalue weighted by Gasteiger charge is 2.56. The highest BCUT2D eigenvalue weighted by atomic mass is 16.6. The molecule has 2 aliphatic rings. The van der Waals surface area contributed by atoms with E-state index in [1.165, 1.54) is 0 Å². The quantitative estimate of drug-likeness (QED) is 0.428. The van der Waals surface area contributed by atoms with Crippen LogP contribution in [0.2, 0.25) is 0 Å². The number of likely N-dealkylation sites (tertiary alicyclic amines) is 2. The molecule has 10 heteroatoms. The fourth-order valence-electron chi connectivity index (χ4n) is 6.08. The Labute approximate surface area is 260 Å². The number of hydrogen-bond donors (Lipinski definition) is 2. The lowest BCUT2D eigenvalue weighted by Crippen LogP contribution is -2.62. The van der Waals surface area contributed by atoms with Crippen molar-refractivity contribution in [2.24, 2.45) is 11.3 Å². The van der Waals surface area contributed by atoms with E-state index in [0.29, 0.717) is 25.9 Å². The minimum Gasteiger partial charge on any atom is -0.444 e. The Morgan fingerprint density at radius 1 is 0.977 bits per heavy atom. The number of ether oxygens (including phenoxy) is 2. The van der Waals surface area contributed by atoms with Crippen molar-refractivity contribution in [2.45, 2.75) is 71.2 Å². The molecule has 0 aliphatic carbocycles. The van der Waals surface area contributed by atoms with E-state index in [0.717, 1.165) is 11.1 Å². The van der Waals surface area contributed by atoms with Crippen molar-refractivity contribution in [1.29, 1.82) is 0 Å². The molecule has 0 bridgehead atoms. The summed E-state index contributed by atoms with van der Waals surface area (Å²) in [5.74, 6) is -0.737. The second-order valence-corrected chi connectivity index (χ2v) is 13.5. The minimum atomic E-state index is -1.38. The molecule has 2 N–H and O–H groups in total. The average Bonchev–Trinajstić information content (AvgIpc) is 3.20. The van der Waals surface area contributed by atoms with Crippen molar-refractivity contribution < 1.29 is 28.7 Å². The molecule has 2 aromatic carbocycles. The van der Waals surface area contributed by atoms with E-state index in [1.54, 1.807) is 44.4 Å². The van der Waals surface area contributed by atoms with Crippen LogP contribution in [0.3, 0.4) is 0 Å². The molecule has 10 nitrogen and oxygen atoms in total. The lowest BCUT2D eigenvalue weighted by molar-refractivity contribution is -0.147. The Balaban J connectivity index is 1.54. The second-order valence-electron chi connectivity index (χ2n) is 13.5. The number of nitrogens with one attached hydrogen (secondary N) is 2. The Morgan fingerprint density at radius 3 is 2.20 bits per heavy atom. The van der Waals surface area contributed by atoms with Gasteiger partial charge in [-0.2, -0.15) is 0 Å². The van der Waals surface area contributed by atoms with E-state index < -0.39 is 34.6 Å². The lowest BCUT2D eigenvalue weighted by atomic mass is 9.69. The van der Waals surface area contributed by atoms with Crippen LogP contribution in [-0.4, -0.2) is 84.1 Å². The SMILES string of the molecule is CN1C[C@@H]2CCN(C(=O)[C@@H](COCc3ccccc3)NC(=O)C(C)(C)NC(=O)OC(C)(C)C)C[C@@]2(Cc2ccccc2)C1=O. The fourth-order valence-corrected chi connectivity index (χ4v) is 6.08. The molecule has 4 rings (SSSR count). The maximum atomic E-state index is 14.2. The fraction of sp³-hybridized carbons (Fsp3) is 0.529. The smallest absolute Gasteiger partial charge is 0.408 e. The molecule has 0 aromatic heterocycles. The first-order chi connectivity index (χ1) is 20.7. The summed E-state index contributed by atoms with van der Waals surface area (Å²) < 4.78 is 11.3. The van der Waals surface area contributed by atoms with Gasteiger partial charge in [0.25, 0.3) is 0 Å². The normalized spacial score (nSPS) is 21.0. The van der Waals surface area contributed by atoms with Crippen molar-refractivity contribution in [1.82, 2.24) is 20.4 Å². The van der Waals surface area contributed by atoms with Crippen LogP contribution in [-0.2, 0) is 36.9 Å². The van der Waals surface area contributed by atoms with Gasteiger partial charge in [-0.15, -0.1) is 0 Å². The predicted octanol–water partition coefficient (Wildman–Crippen LogP) is 3.54. The summed E-state index contributed by atoms with van der Waals surface area (Å²) in [6.45, 7) is 9.84. The Hall–Kier alpha value is -3.92. The van der Waals surface area contributed by atoms with Crippen molar-refractivity contribution in [3.8, 4) is 0 Å². The van der Waals surface area contributed by atoms with E-state index in [2.05, 4.69) is 10.6 Å². The van der Waals surface area contributed by atoms with Crippen LogP contribution in [0.15, 0.2) is 60.7 Å². The zero-order valence-corrected chi connectivity index (χ0v) is 26.7. The first-order valence-corrected chi connectivity index (χ1v) is 15.2. The molecule has 0 unspecified atom stereocenters. The summed E-state index contributed by atoms with van der Waals surface area (Å²) >= 11 is 0. The zero-order valence-electron chi connectivity index (χ0n) is 26.7. The van der Waals surface area contributed by atoms with Crippen LogP contribution in [0.4, 0.5) is 4.79 Å². The molecule has 2 fully saturated rings. The number of rotatable bonds is 10. The van der Waals surface area contributed by atoms with Crippen molar-refractivity contribution in [3.05, 3.63) is 71.8 Å². The highest BCUT2D eigenvalue weighted by Crippen LogP contribution is 2.45. The third-order valence-electron chi connectivity index (χ3n) is 8.32. The molecule has 0 radical (unpaired) electrons. The van der Waals surface area contributed by atoms with E-state index in [4.69, 9.17) is 9.47 Å². The number of nitrogens with zero attached hydrogens (tertiary/aromatic N) is 2. The molecular formula is C34H46N4O6. The van der Waals surface area contributed by atoms with E-state index in [1.807, 2.05) is 67.7 Å². The number of alkyl carbamates (subject to hydrolysis) is 1. The maximum Gasteiger partial charge on any atom is 0.408 e. The molecular weight excluding hydrogens is 560 g/mol. The molecule has 0 spiro atoms. The van der Waals surface area contributed by atoms with Gasteiger partial charge in [0.05, 0.1) is 18.6 Å². The molecule has 0 saturated carbocycles. The molecule has 44 heavy (non-hydrogen) atoms. The highest BCUT2D eigenvalue weighted by molar-refractivity contribution is 5.94. The van der Waals surface area contributed by atoms with Gasteiger partial charge in [0.1, 0.15) is 17.2 Å². The van der Waals surface area contributed by atoms with Gasteiger partial charge in [0.15, 0.2) is 0 Å². The molecule has 2 aliphatic heterocycles. The number of carbonyl (C=O) groups excluding carboxylic acids is 4. The van der Waals surface area contributed by atoms with Gasteiger partial charge < -0.3 is 29.9 Å². The summed E-state index contributed by atoms with van der Waals surface area (Å²) in [5.41, 5.74) is -0.901. The van der Waals surface area contributed by atoms with Gasteiger partial charge in [-0.3, -0.25) is 14.4 Å². The van der Waals surface area contributed by atoms with Gasteiger partial charge >= 0.3 is 6.09 Å². The number of amides is 4. The Morgan fingerprint density at radius 2 is 1.59 bits per heavy atom. The van der Waals surface area contributed by atoms with Gasteiger partial charge in [-0.25, -0.2) is 4.79 Å². The number of hydrogen-bond acceptors (Lipinski definition) is 6. The molecule has 2 saturated heterocycles. The van der Waals surface area contributed by atoms with E-state index in [-0.39, 0.29) is 37.5 Å². The van der Waals surface area contributed by atoms with Crippen LogP contribution in [0.5, 0.6) is 0 Å². The predicted molar refractivity (Wildman–Crippen MR) is 166 cm³/mol.